The second-order valence-electron chi connectivity index (χ2n) is 2.28. The average Bonchev–Trinajstić information content (AvgIpc) is 2.02. The van der Waals surface area contributed by atoms with Crippen molar-refractivity contribution in [3.63, 3.8) is 0 Å². The number of carbonyl (C=O) groups excluding carboxylic acids is 2. The number of carbonyl (C=O) groups is 2. The molecule has 4 heteroatoms. The number of allylic oxidation sites excluding steroid dienone is 1. The summed E-state index contributed by atoms with van der Waals surface area (Å²) in [5, 5.41) is 0. The predicted octanol–water partition coefficient (Wildman–Crippen LogP) is 0.667. The first-order chi connectivity index (χ1) is 5.49. The van der Waals surface area contributed by atoms with Crippen LogP contribution >= 0.6 is 0 Å². The molecule has 68 valence electrons. The van der Waals surface area contributed by atoms with Gasteiger partial charge >= 0.3 is 5.97 Å². The van der Waals surface area contributed by atoms with E-state index in [2.05, 4.69) is 16.1 Å². The van der Waals surface area contributed by atoms with E-state index >= 15 is 0 Å². The lowest BCUT2D eigenvalue weighted by molar-refractivity contribution is -0.151. The van der Waals surface area contributed by atoms with Crippen molar-refractivity contribution in [3.8, 4) is 0 Å². The van der Waals surface area contributed by atoms with Gasteiger partial charge in [-0.25, -0.2) is 4.79 Å². The second kappa shape index (κ2) is 4.66. The van der Waals surface area contributed by atoms with Gasteiger partial charge in [-0.15, -0.1) is 0 Å². The van der Waals surface area contributed by atoms with Crippen LogP contribution in [0, 0.1) is 0 Å². The fraction of sp³-hybridized carbons (Fsp3) is 0.500. The van der Waals surface area contributed by atoms with E-state index in [1.54, 1.807) is 0 Å². The van der Waals surface area contributed by atoms with Gasteiger partial charge in [0.1, 0.15) is 0 Å². The van der Waals surface area contributed by atoms with Crippen LogP contribution in [0.1, 0.15) is 13.8 Å². The average molecular weight is 172 g/mol. The molecule has 0 aromatic carbocycles. The normalized spacial score (nSPS) is 11.9. The van der Waals surface area contributed by atoms with Crippen LogP contribution in [0.15, 0.2) is 12.3 Å². The predicted molar refractivity (Wildman–Crippen MR) is 42.4 cm³/mol. The van der Waals surface area contributed by atoms with Gasteiger partial charge in [0.2, 0.25) is 0 Å². The smallest absolute Gasteiger partial charge is 0.340 e. The Morgan fingerprint density at radius 1 is 1.42 bits per heavy atom. The molecule has 0 aliphatic heterocycles. The van der Waals surface area contributed by atoms with Gasteiger partial charge in [0.15, 0.2) is 17.6 Å². The Labute approximate surface area is 71.2 Å². The third-order valence-corrected chi connectivity index (χ3v) is 1.30. The highest BCUT2D eigenvalue weighted by Gasteiger charge is 2.15. The van der Waals surface area contributed by atoms with Crippen LogP contribution < -0.4 is 0 Å². The molecule has 0 saturated carbocycles. The number of hydrogen-bond acceptors (Lipinski definition) is 4. The summed E-state index contributed by atoms with van der Waals surface area (Å²) in [6.07, 6.45) is -0.680. The zero-order chi connectivity index (χ0) is 9.72. The molecule has 0 bridgehead atoms. The van der Waals surface area contributed by atoms with Gasteiger partial charge in [-0.2, -0.15) is 0 Å². The fourth-order valence-electron chi connectivity index (χ4n) is 0.372. The molecule has 0 aliphatic rings. The first-order valence-corrected chi connectivity index (χ1v) is 3.43. The lowest BCUT2D eigenvalue weighted by atomic mass is 10.4. The van der Waals surface area contributed by atoms with Crippen LogP contribution in [0.4, 0.5) is 0 Å². The van der Waals surface area contributed by atoms with Crippen molar-refractivity contribution >= 4 is 11.8 Å². The zero-order valence-electron chi connectivity index (χ0n) is 7.42. The van der Waals surface area contributed by atoms with Gasteiger partial charge in [-0.3, -0.25) is 4.79 Å². The summed E-state index contributed by atoms with van der Waals surface area (Å²) in [4.78, 5) is 21.5. The minimum atomic E-state index is -0.680. The first-order valence-electron chi connectivity index (χ1n) is 3.43. The summed E-state index contributed by atoms with van der Waals surface area (Å²) < 4.78 is 9.22. The molecule has 0 aromatic rings. The largest absolute Gasteiger partial charge is 0.421 e. The van der Waals surface area contributed by atoms with Gasteiger partial charge in [0.25, 0.3) is 0 Å². The molecule has 0 rings (SSSR count). The van der Waals surface area contributed by atoms with Gasteiger partial charge in [0.05, 0.1) is 0 Å². The van der Waals surface area contributed by atoms with E-state index in [-0.39, 0.29) is 11.5 Å². The molecule has 0 fully saturated rings. The molecule has 1 atom stereocenters. The summed E-state index contributed by atoms with van der Waals surface area (Å²) >= 11 is 0. The molecule has 0 radical (unpaired) electrons. The molecule has 4 nitrogen and oxygen atoms in total. The molecule has 0 amide bonds. The molecular formula is C8H12O4. The number of methoxy groups -OCH3 is 1. The maximum atomic E-state index is 10.9. The quantitative estimate of drug-likeness (QED) is 0.355. The molecule has 0 heterocycles. The van der Waals surface area contributed by atoms with Crippen LogP contribution in [-0.4, -0.2) is 25.0 Å². The van der Waals surface area contributed by atoms with Crippen molar-refractivity contribution in [2.45, 2.75) is 20.0 Å². The van der Waals surface area contributed by atoms with Crippen LogP contribution in [0.3, 0.4) is 0 Å². The number of Topliss-reactive ketones (excluding diaryl/α,β-unsaturated/α-hetero) is 1. The molecular weight excluding hydrogens is 160 g/mol. The van der Waals surface area contributed by atoms with E-state index in [4.69, 9.17) is 0 Å². The lowest BCUT2D eigenvalue weighted by Gasteiger charge is -2.08. The molecule has 0 aromatic heterocycles. The van der Waals surface area contributed by atoms with Crippen molar-refractivity contribution in [3.05, 3.63) is 12.3 Å². The second-order valence-corrected chi connectivity index (χ2v) is 2.28. The summed E-state index contributed by atoms with van der Waals surface area (Å²) in [6, 6.07) is 0. The van der Waals surface area contributed by atoms with E-state index in [0.29, 0.717) is 0 Å². The van der Waals surface area contributed by atoms with E-state index < -0.39 is 12.1 Å². The third kappa shape index (κ3) is 3.30. The van der Waals surface area contributed by atoms with Crippen LogP contribution in [0.5, 0.6) is 0 Å². The van der Waals surface area contributed by atoms with Crippen LogP contribution in [-0.2, 0) is 19.1 Å². The maximum absolute atomic E-state index is 10.9. The van der Waals surface area contributed by atoms with Crippen molar-refractivity contribution < 1.29 is 19.1 Å². The monoisotopic (exact) mass is 172 g/mol. The Morgan fingerprint density at radius 3 is 2.25 bits per heavy atom. The summed E-state index contributed by atoms with van der Waals surface area (Å²) in [5.74, 6) is -1.15. The molecule has 12 heavy (non-hydrogen) atoms. The summed E-state index contributed by atoms with van der Waals surface area (Å²) in [5.41, 5.74) is 0. The zero-order valence-corrected chi connectivity index (χ0v) is 7.42. The van der Waals surface area contributed by atoms with Crippen molar-refractivity contribution in [1.82, 2.24) is 0 Å². The summed E-state index contributed by atoms with van der Waals surface area (Å²) in [6.45, 7) is 6.06. The van der Waals surface area contributed by atoms with Gasteiger partial charge in [0, 0.05) is 14.0 Å². The van der Waals surface area contributed by atoms with Gasteiger partial charge in [-0.05, 0) is 6.92 Å². The van der Waals surface area contributed by atoms with E-state index in [9.17, 15) is 9.59 Å². The Hall–Kier alpha value is -1.16. The Bertz CT molecular complexity index is 207. The SMILES string of the molecule is C=C(OC(=O)C(C)OC)C(C)=O. The topological polar surface area (TPSA) is 52.6 Å². The van der Waals surface area contributed by atoms with Crippen LogP contribution in [0.25, 0.3) is 0 Å². The van der Waals surface area contributed by atoms with Crippen molar-refractivity contribution in [2.24, 2.45) is 0 Å². The first kappa shape index (κ1) is 10.8. The third-order valence-electron chi connectivity index (χ3n) is 1.30. The van der Waals surface area contributed by atoms with Crippen LogP contribution in [0.2, 0.25) is 0 Å². The number of ether oxygens (including phenoxy) is 2. The van der Waals surface area contributed by atoms with E-state index in [0.717, 1.165) is 0 Å². The molecule has 0 spiro atoms. The number of rotatable bonds is 4. The number of esters is 1. The van der Waals surface area contributed by atoms with Crippen molar-refractivity contribution in [1.29, 1.82) is 0 Å². The minimum Gasteiger partial charge on any atom is -0.421 e. The number of ketones is 1. The minimum absolute atomic E-state index is 0.163. The van der Waals surface area contributed by atoms with Gasteiger partial charge < -0.3 is 9.47 Å². The highest BCUT2D eigenvalue weighted by atomic mass is 16.6. The summed E-state index contributed by atoms with van der Waals surface area (Å²) in [7, 11) is 1.38. The maximum Gasteiger partial charge on any atom is 0.340 e. The highest BCUT2D eigenvalue weighted by molar-refractivity contribution is 5.93. The molecule has 0 aliphatic carbocycles. The molecule has 1 unspecified atom stereocenters. The Kier molecular flexibility index (Phi) is 4.21. The standard InChI is InChI=1S/C8H12O4/c1-5(9)6(2)12-8(10)7(3)11-4/h7H,2H2,1,3-4H3. The Morgan fingerprint density at radius 2 is 1.92 bits per heavy atom. The van der Waals surface area contributed by atoms with E-state index in [1.807, 2.05) is 0 Å². The van der Waals surface area contributed by atoms with E-state index in [1.165, 1.54) is 21.0 Å². The fourth-order valence-corrected chi connectivity index (χ4v) is 0.372. The van der Waals surface area contributed by atoms with Gasteiger partial charge in [-0.1, -0.05) is 6.58 Å². The number of hydrogen-bond donors (Lipinski definition) is 0. The molecule has 0 saturated heterocycles. The highest BCUT2D eigenvalue weighted by Crippen LogP contribution is 2.00. The van der Waals surface area contributed by atoms with Crippen molar-refractivity contribution in [2.75, 3.05) is 7.11 Å². The lowest BCUT2D eigenvalue weighted by Crippen LogP contribution is -2.22. The molecule has 0 N–H and O–H groups in total. The Balaban J connectivity index is 4.01.